The van der Waals surface area contributed by atoms with Gasteiger partial charge in [-0.05, 0) is 0 Å². The van der Waals surface area contributed by atoms with E-state index in [0.29, 0.717) is 0 Å². The molecule has 0 aliphatic rings. The van der Waals surface area contributed by atoms with Crippen molar-refractivity contribution in [3.05, 3.63) is 35.9 Å². The second-order valence-electron chi connectivity index (χ2n) is 2.24. The third-order valence-corrected chi connectivity index (χ3v) is 2.46. The summed E-state index contributed by atoms with van der Waals surface area (Å²) in [7, 11) is 0. The second kappa shape index (κ2) is 6.19. The number of benzene rings is 1. The van der Waals surface area contributed by atoms with Gasteiger partial charge in [0.1, 0.15) is 0 Å². The van der Waals surface area contributed by atoms with Crippen LogP contribution in [0.1, 0.15) is 5.56 Å². The summed E-state index contributed by atoms with van der Waals surface area (Å²) < 4.78 is 1.35. The maximum absolute atomic E-state index is 2.34. The predicted molar refractivity (Wildman–Crippen MR) is 52.1 cm³/mol. The molecule has 0 atom stereocenters. The van der Waals surface area contributed by atoms with Crippen molar-refractivity contribution in [3.8, 4) is 0 Å². The predicted octanol–water partition coefficient (Wildman–Crippen LogP) is 2.52. The molecular weight excluding hydrogens is 200 g/mol. The lowest BCUT2D eigenvalue weighted by molar-refractivity contribution is 1.38. The normalized spacial score (nSPS) is 7.70. The van der Waals surface area contributed by atoms with E-state index in [1.165, 1.54) is 10.1 Å². The zero-order valence-electron chi connectivity index (χ0n) is 6.21. The Bertz CT molecular complexity index is 162. The van der Waals surface area contributed by atoms with Crippen LogP contribution >= 0.6 is 17.0 Å². The lowest BCUT2D eigenvalue weighted by Crippen LogP contribution is -1.88. The monoisotopic (exact) mass is 210 g/mol. The van der Waals surface area contributed by atoms with E-state index in [1.807, 2.05) is 0 Å². The molecule has 0 saturated carbocycles. The fraction of sp³-hybridized carbons (Fsp3) is 0.250. The van der Waals surface area contributed by atoms with Crippen LogP contribution in [0.4, 0.5) is 0 Å². The van der Waals surface area contributed by atoms with E-state index >= 15 is 0 Å². The SMILES string of the molecule is Br.[CH3][Mg][CH2]c1ccccc1. The van der Waals surface area contributed by atoms with Crippen molar-refractivity contribution >= 4 is 37.3 Å². The number of hydrogen-bond acceptors (Lipinski definition) is 0. The van der Waals surface area contributed by atoms with Gasteiger partial charge >= 0.3 is 20.4 Å². The van der Waals surface area contributed by atoms with Crippen LogP contribution < -0.4 is 0 Å². The summed E-state index contributed by atoms with van der Waals surface area (Å²) in [6.07, 6.45) is 0. The van der Waals surface area contributed by atoms with Crippen molar-refractivity contribution in [2.75, 3.05) is 0 Å². The van der Waals surface area contributed by atoms with Crippen LogP contribution in [0.15, 0.2) is 30.3 Å². The Morgan fingerprint density at radius 3 is 2.30 bits per heavy atom. The van der Waals surface area contributed by atoms with Gasteiger partial charge in [0.25, 0.3) is 0 Å². The Morgan fingerprint density at radius 2 is 1.80 bits per heavy atom. The van der Waals surface area contributed by atoms with Crippen molar-refractivity contribution in [2.45, 2.75) is 9.60 Å². The zero-order chi connectivity index (χ0) is 6.53. The van der Waals surface area contributed by atoms with E-state index in [4.69, 9.17) is 0 Å². The van der Waals surface area contributed by atoms with E-state index in [1.54, 1.807) is 0 Å². The van der Waals surface area contributed by atoms with Gasteiger partial charge in [0.2, 0.25) is 0 Å². The highest BCUT2D eigenvalue weighted by atomic mass is 79.9. The minimum absolute atomic E-state index is 0. The van der Waals surface area contributed by atoms with E-state index in [-0.39, 0.29) is 37.3 Å². The molecule has 0 nitrogen and oxygen atoms in total. The standard InChI is InChI=1S/C7H7.CH3.BrH.Mg/c1-7-5-3-2-4-6-7;;;/h2-6H,1H2;1H3;1H;. The van der Waals surface area contributed by atoms with Crippen molar-refractivity contribution in [2.24, 2.45) is 0 Å². The molecule has 0 unspecified atom stereocenters. The molecule has 0 bridgehead atoms. The first kappa shape index (κ1) is 10.5. The maximum atomic E-state index is 2.34. The molecule has 52 valence electrons. The molecule has 0 radical (unpaired) electrons. The molecule has 10 heavy (non-hydrogen) atoms. The van der Waals surface area contributed by atoms with E-state index in [2.05, 4.69) is 35.4 Å². The molecule has 0 N–H and O–H groups in total. The molecule has 0 aliphatic heterocycles. The lowest BCUT2D eigenvalue weighted by Gasteiger charge is -1.93. The first-order chi connectivity index (χ1) is 4.43. The number of halogens is 1. The highest BCUT2D eigenvalue weighted by molar-refractivity contribution is 8.93. The van der Waals surface area contributed by atoms with Crippen LogP contribution in [-0.4, -0.2) is 20.4 Å². The molecular formula is C8H11BrMg. The summed E-state index contributed by atoms with van der Waals surface area (Å²) in [5.41, 5.74) is 1.51. The van der Waals surface area contributed by atoms with Gasteiger partial charge < -0.3 is 0 Å². The molecule has 2 heteroatoms. The molecule has 0 amide bonds. The third kappa shape index (κ3) is 3.59. The van der Waals surface area contributed by atoms with Crippen LogP contribution in [-0.2, 0) is 4.55 Å². The number of hydrogen-bond donors (Lipinski definition) is 0. The van der Waals surface area contributed by atoms with Crippen LogP contribution in [0, 0.1) is 0 Å². The summed E-state index contributed by atoms with van der Waals surface area (Å²) in [6.45, 7) is 0. The van der Waals surface area contributed by atoms with Gasteiger partial charge in [-0.3, -0.25) is 0 Å². The van der Waals surface area contributed by atoms with Crippen LogP contribution in [0.2, 0.25) is 5.05 Å². The zero-order valence-corrected chi connectivity index (χ0v) is 9.34. The average Bonchev–Trinajstić information content (AvgIpc) is 1.91. The smallest absolute Gasteiger partial charge is 0.157 e. The first-order valence-electron chi connectivity index (χ1n) is 3.47. The molecule has 0 saturated heterocycles. The fourth-order valence-corrected chi connectivity index (χ4v) is 1.84. The molecule has 0 spiro atoms. The molecule has 0 aromatic heterocycles. The van der Waals surface area contributed by atoms with E-state index in [9.17, 15) is 0 Å². The molecule has 1 aromatic rings. The van der Waals surface area contributed by atoms with Gasteiger partial charge in [-0.15, -0.1) is 21.5 Å². The molecule has 0 aliphatic carbocycles. The van der Waals surface area contributed by atoms with Gasteiger partial charge in [-0.25, -0.2) is 0 Å². The Morgan fingerprint density at radius 1 is 1.20 bits per heavy atom. The van der Waals surface area contributed by atoms with Gasteiger partial charge in [0.05, 0.1) is 0 Å². The molecule has 0 heterocycles. The average molecular weight is 211 g/mol. The van der Waals surface area contributed by atoms with Gasteiger partial charge in [-0.2, -0.15) is 5.05 Å². The Hall–Kier alpha value is 0.466. The minimum atomic E-state index is 0. The van der Waals surface area contributed by atoms with Crippen molar-refractivity contribution in [1.82, 2.24) is 0 Å². The van der Waals surface area contributed by atoms with Crippen molar-refractivity contribution in [3.63, 3.8) is 0 Å². The largest absolute Gasteiger partial charge is 0.366 e. The second-order valence-corrected chi connectivity index (χ2v) is 3.74. The third-order valence-electron chi connectivity index (χ3n) is 1.38. The fourth-order valence-electron chi connectivity index (χ4n) is 0.933. The Labute approximate surface area is 82.5 Å². The van der Waals surface area contributed by atoms with Crippen LogP contribution in [0.5, 0.6) is 0 Å². The molecule has 0 fully saturated rings. The lowest BCUT2D eigenvalue weighted by atomic mass is 10.2. The van der Waals surface area contributed by atoms with Crippen LogP contribution in [0.25, 0.3) is 0 Å². The van der Waals surface area contributed by atoms with Gasteiger partial charge in [0.15, 0.2) is 0 Å². The van der Waals surface area contributed by atoms with Crippen molar-refractivity contribution in [1.29, 1.82) is 0 Å². The van der Waals surface area contributed by atoms with E-state index in [0.717, 1.165) is 0 Å². The summed E-state index contributed by atoms with van der Waals surface area (Å²) in [5, 5.41) is 2.34. The summed E-state index contributed by atoms with van der Waals surface area (Å²) in [5.74, 6) is 0. The highest BCUT2D eigenvalue weighted by Crippen LogP contribution is 1.97. The Balaban J connectivity index is 0.000000810. The summed E-state index contributed by atoms with van der Waals surface area (Å²) >= 11 is 0.216. The van der Waals surface area contributed by atoms with Gasteiger partial charge in [-0.1, -0.05) is 35.9 Å². The van der Waals surface area contributed by atoms with Crippen molar-refractivity contribution < 1.29 is 0 Å². The summed E-state index contributed by atoms with van der Waals surface area (Å²) in [4.78, 5) is 0. The first-order valence-corrected chi connectivity index (χ1v) is 5.89. The highest BCUT2D eigenvalue weighted by Gasteiger charge is 1.88. The summed E-state index contributed by atoms with van der Waals surface area (Å²) in [6, 6.07) is 10.7. The van der Waals surface area contributed by atoms with Gasteiger partial charge in [0, 0.05) is 0 Å². The number of rotatable bonds is 2. The molecule has 1 aromatic carbocycles. The van der Waals surface area contributed by atoms with E-state index < -0.39 is 0 Å². The maximum Gasteiger partial charge on any atom is 0.366 e. The minimum Gasteiger partial charge on any atom is -0.157 e. The topological polar surface area (TPSA) is 0 Å². The Kier molecular flexibility index (Phi) is 6.48. The molecule has 1 rings (SSSR count). The quantitative estimate of drug-likeness (QED) is 0.659. The van der Waals surface area contributed by atoms with Crippen LogP contribution in [0.3, 0.4) is 0 Å².